The van der Waals surface area contributed by atoms with Crippen molar-refractivity contribution in [3.8, 4) is 5.69 Å². The number of amides is 1. The molecular weight excluding hydrogens is 404 g/mol. The van der Waals surface area contributed by atoms with Crippen molar-refractivity contribution >= 4 is 33.9 Å². The van der Waals surface area contributed by atoms with Gasteiger partial charge in [0.1, 0.15) is 5.00 Å². The number of aromatic nitrogens is 4. The third kappa shape index (κ3) is 4.82. The minimum atomic E-state index is -0.434. The molecular formula is C20H24N6O3S. The number of thiophene rings is 1. The predicted molar refractivity (Wildman–Crippen MR) is 115 cm³/mol. The van der Waals surface area contributed by atoms with E-state index >= 15 is 0 Å². The molecule has 0 spiro atoms. The zero-order chi connectivity index (χ0) is 21.7. The van der Waals surface area contributed by atoms with E-state index in [1.54, 1.807) is 17.7 Å². The molecule has 3 aromatic rings. The summed E-state index contributed by atoms with van der Waals surface area (Å²) in [6.45, 7) is 7.85. The second-order valence-electron chi connectivity index (χ2n) is 6.57. The van der Waals surface area contributed by atoms with Crippen molar-refractivity contribution in [1.82, 2.24) is 20.2 Å². The molecule has 3 rings (SSSR count). The summed E-state index contributed by atoms with van der Waals surface area (Å²) in [6, 6.07) is 7.47. The van der Waals surface area contributed by atoms with Crippen molar-refractivity contribution in [2.45, 2.75) is 34.1 Å². The highest BCUT2D eigenvalue weighted by Gasteiger charge is 2.18. The number of hydrogen-bond acceptors (Lipinski definition) is 8. The maximum Gasteiger partial charge on any atom is 0.341 e. The molecule has 0 aliphatic rings. The van der Waals surface area contributed by atoms with Gasteiger partial charge in [-0.05, 0) is 61.4 Å². The minimum absolute atomic E-state index is 0.0404. The first kappa shape index (κ1) is 21.4. The number of nitrogens with zero attached hydrogens (tertiary/aromatic N) is 4. The van der Waals surface area contributed by atoms with Crippen molar-refractivity contribution in [3.05, 3.63) is 46.1 Å². The van der Waals surface area contributed by atoms with Crippen molar-refractivity contribution in [3.63, 3.8) is 0 Å². The van der Waals surface area contributed by atoms with E-state index in [1.807, 2.05) is 39.0 Å². The van der Waals surface area contributed by atoms with E-state index in [2.05, 4.69) is 26.2 Å². The molecule has 2 N–H and O–H groups in total. The Morgan fingerprint density at radius 1 is 1.20 bits per heavy atom. The Morgan fingerprint density at radius 2 is 2.00 bits per heavy atom. The van der Waals surface area contributed by atoms with Gasteiger partial charge in [0.25, 0.3) is 0 Å². The van der Waals surface area contributed by atoms with E-state index in [0.29, 0.717) is 16.4 Å². The molecule has 0 aliphatic heterocycles. The lowest BCUT2D eigenvalue weighted by Crippen LogP contribution is -2.22. The fourth-order valence-electron chi connectivity index (χ4n) is 2.82. The first-order valence-electron chi connectivity index (χ1n) is 9.62. The average Bonchev–Trinajstić information content (AvgIpc) is 3.33. The van der Waals surface area contributed by atoms with Crippen LogP contribution in [0.4, 0.5) is 10.7 Å². The van der Waals surface area contributed by atoms with Gasteiger partial charge >= 0.3 is 5.97 Å². The maximum absolute atomic E-state index is 12.5. The third-order valence-corrected chi connectivity index (χ3v) is 5.59. The largest absolute Gasteiger partial charge is 0.462 e. The molecule has 1 aromatic carbocycles. The van der Waals surface area contributed by atoms with Crippen LogP contribution in [0.3, 0.4) is 0 Å². The van der Waals surface area contributed by atoms with Crippen LogP contribution < -0.4 is 10.6 Å². The van der Waals surface area contributed by atoms with Gasteiger partial charge in [-0.1, -0.05) is 13.0 Å². The van der Waals surface area contributed by atoms with E-state index in [4.69, 9.17) is 4.74 Å². The van der Waals surface area contributed by atoms with Crippen molar-refractivity contribution < 1.29 is 14.3 Å². The highest BCUT2D eigenvalue weighted by Crippen LogP contribution is 2.29. The lowest BCUT2D eigenvalue weighted by atomic mass is 10.2. The summed E-state index contributed by atoms with van der Waals surface area (Å²) in [5.41, 5.74) is 2.98. The SMILES string of the molecule is CCOC(=O)c1cc(CC)sc1NC(=O)CNc1ccc(C)c(-n2nnnc2C)c1. The normalized spacial score (nSPS) is 10.7. The van der Waals surface area contributed by atoms with Crippen LogP contribution in [0.2, 0.25) is 0 Å². The molecule has 0 unspecified atom stereocenters. The van der Waals surface area contributed by atoms with Crippen LogP contribution in [0.5, 0.6) is 0 Å². The Balaban J connectivity index is 1.69. The fourth-order valence-corrected chi connectivity index (χ4v) is 3.83. The Morgan fingerprint density at radius 3 is 2.67 bits per heavy atom. The van der Waals surface area contributed by atoms with Gasteiger partial charge in [-0.25, -0.2) is 4.79 Å². The number of carbonyl (C=O) groups excluding carboxylic acids is 2. The number of esters is 1. The first-order valence-corrected chi connectivity index (χ1v) is 10.4. The van der Waals surface area contributed by atoms with Crippen LogP contribution in [0.25, 0.3) is 5.69 Å². The monoisotopic (exact) mass is 428 g/mol. The number of carbonyl (C=O) groups is 2. The topological polar surface area (TPSA) is 111 Å². The number of anilines is 2. The van der Waals surface area contributed by atoms with Gasteiger partial charge in [-0.3, -0.25) is 4.79 Å². The van der Waals surface area contributed by atoms with E-state index < -0.39 is 5.97 Å². The molecule has 9 nitrogen and oxygen atoms in total. The molecule has 0 radical (unpaired) electrons. The van der Waals surface area contributed by atoms with Gasteiger partial charge < -0.3 is 15.4 Å². The van der Waals surface area contributed by atoms with Crippen molar-refractivity contribution in [1.29, 1.82) is 0 Å². The molecule has 0 atom stereocenters. The third-order valence-electron chi connectivity index (χ3n) is 4.40. The first-order chi connectivity index (χ1) is 14.4. The molecule has 0 bridgehead atoms. The molecule has 0 saturated carbocycles. The Labute approximate surface area is 178 Å². The summed E-state index contributed by atoms with van der Waals surface area (Å²) < 4.78 is 6.73. The van der Waals surface area contributed by atoms with Gasteiger partial charge in [-0.2, -0.15) is 4.68 Å². The van der Waals surface area contributed by atoms with Crippen LogP contribution in [-0.4, -0.2) is 45.2 Å². The average molecular weight is 429 g/mol. The summed E-state index contributed by atoms with van der Waals surface area (Å²) >= 11 is 1.38. The van der Waals surface area contributed by atoms with E-state index in [-0.39, 0.29) is 19.1 Å². The van der Waals surface area contributed by atoms with E-state index in [1.165, 1.54) is 11.3 Å². The zero-order valence-corrected chi connectivity index (χ0v) is 18.2. The van der Waals surface area contributed by atoms with Crippen molar-refractivity contribution in [2.75, 3.05) is 23.8 Å². The van der Waals surface area contributed by atoms with Gasteiger partial charge in [0.2, 0.25) is 5.91 Å². The van der Waals surface area contributed by atoms with Crippen LogP contribution in [-0.2, 0) is 16.0 Å². The summed E-state index contributed by atoms with van der Waals surface area (Å²) in [7, 11) is 0. The summed E-state index contributed by atoms with van der Waals surface area (Å²) in [5, 5.41) is 18.0. The van der Waals surface area contributed by atoms with E-state index in [0.717, 1.165) is 28.2 Å². The summed E-state index contributed by atoms with van der Waals surface area (Å²) in [6.07, 6.45) is 0.772. The van der Waals surface area contributed by atoms with Crippen LogP contribution in [0.15, 0.2) is 24.3 Å². The highest BCUT2D eigenvalue weighted by molar-refractivity contribution is 7.16. The molecule has 2 aromatic heterocycles. The quantitative estimate of drug-likeness (QED) is 0.530. The number of tetrazole rings is 1. The molecule has 158 valence electrons. The number of rotatable bonds is 8. The molecule has 0 fully saturated rings. The minimum Gasteiger partial charge on any atom is -0.462 e. The number of hydrogen-bond donors (Lipinski definition) is 2. The molecule has 10 heteroatoms. The summed E-state index contributed by atoms with van der Waals surface area (Å²) in [4.78, 5) is 25.7. The van der Waals surface area contributed by atoms with Gasteiger partial charge in [-0.15, -0.1) is 16.4 Å². The van der Waals surface area contributed by atoms with Crippen LogP contribution >= 0.6 is 11.3 Å². The maximum atomic E-state index is 12.5. The molecule has 0 aliphatic carbocycles. The fraction of sp³-hybridized carbons (Fsp3) is 0.350. The Bertz CT molecular complexity index is 1060. The second-order valence-corrected chi connectivity index (χ2v) is 7.71. The van der Waals surface area contributed by atoms with Gasteiger partial charge in [0.05, 0.1) is 24.4 Å². The van der Waals surface area contributed by atoms with Crippen molar-refractivity contribution in [2.24, 2.45) is 0 Å². The Kier molecular flexibility index (Phi) is 6.78. The standard InChI is InChI=1S/C20H24N6O3S/c1-5-15-10-16(20(28)29-6-2)19(30-15)22-18(27)11-21-14-8-7-12(3)17(9-14)26-13(4)23-24-25-26/h7-10,21H,5-6,11H2,1-4H3,(H,22,27). The van der Waals surface area contributed by atoms with Crippen LogP contribution in [0.1, 0.15) is 40.5 Å². The van der Waals surface area contributed by atoms with Gasteiger partial charge in [0.15, 0.2) is 5.82 Å². The lowest BCUT2D eigenvalue weighted by molar-refractivity contribution is -0.114. The highest BCUT2D eigenvalue weighted by atomic mass is 32.1. The number of aryl methyl sites for hydroxylation is 3. The number of benzene rings is 1. The number of ether oxygens (including phenoxy) is 1. The molecule has 2 heterocycles. The lowest BCUT2D eigenvalue weighted by Gasteiger charge is -2.11. The molecule has 0 saturated heterocycles. The summed E-state index contributed by atoms with van der Waals surface area (Å²) in [5.74, 6) is -0.0219. The Hall–Kier alpha value is -3.27. The van der Waals surface area contributed by atoms with Gasteiger partial charge in [0, 0.05) is 10.6 Å². The molecule has 1 amide bonds. The molecule has 30 heavy (non-hydrogen) atoms. The second kappa shape index (κ2) is 9.49. The smallest absolute Gasteiger partial charge is 0.341 e. The van der Waals surface area contributed by atoms with E-state index in [9.17, 15) is 9.59 Å². The predicted octanol–water partition coefficient (Wildman–Crippen LogP) is 3.13. The number of nitrogens with one attached hydrogen (secondary N) is 2. The zero-order valence-electron chi connectivity index (χ0n) is 17.4. The van der Waals surface area contributed by atoms with Crippen LogP contribution in [0, 0.1) is 13.8 Å².